The van der Waals surface area contributed by atoms with Crippen LogP contribution in [0.15, 0.2) is 42.5 Å². The summed E-state index contributed by atoms with van der Waals surface area (Å²) in [6, 6.07) is 6.92. The number of halogens is 11. The van der Waals surface area contributed by atoms with Gasteiger partial charge in [0.15, 0.2) is 28.1 Å². The van der Waals surface area contributed by atoms with Crippen molar-refractivity contribution in [2.24, 2.45) is 0 Å². The van der Waals surface area contributed by atoms with Gasteiger partial charge in [0.2, 0.25) is 6.41 Å². The molecule has 0 saturated heterocycles. The number of alkyl halides is 8. The van der Waals surface area contributed by atoms with Gasteiger partial charge in [-0.05, 0) is 94.4 Å². The average molecular weight is 1210 g/mol. The number of likely N-dealkylation sites (N-methyl/N-ethyl adjacent to an activating group) is 1. The van der Waals surface area contributed by atoms with Gasteiger partial charge in [0, 0.05) is 48.8 Å². The van der Waals surface area contributed by atoms with Crippen LogP contribution in [0.2, 0.25) is 5.02 Å². The van der Waals surface area contributed by atoms with Crippen molar-refractivity contribution in [1.29, 1.82) is 0 Å². The zero-order valence-electron chi connectivity index (χ0n) is 43.4. The van der Waals surface area contributed by atoms with Crippen LogP contribution in [0.3, 0.4) is 0 Å². The van der Waals surface area contributed by atoms with E-state index in [-0.39, 0.29) is 75.7 Å². The summed E-state index contributed by atoms with van der Waals surface area (Å²) in [6.45, 7) is 5.66. The number of amides is 2. The number of rotatable bonds is 17. The second kappa shape index (κ2) is 27.7. The molecule has 6 rings (SSSR count). The molecular weight excluding hydrogens is 1160 g/mol. The lowest BCUT2D eigenvalue weighted by atomic mass is 9.94. The summed E-state index contributed by atoms with van der Waals surface area (Å²) in [5, 5.41) is 12.6. The van der Waals surface area contributed by atoms with Crippen LogP contribution in [0.4, 0.5) is 49.7 Å². The van der Waals surface area contributed by atoms with Crippen LogP contribution >= 0.6 is 31.4 Å². The summed E-state index contributed by atoms with van der Waals surface area (Å²) in [5.74, 6) is -0.446. The summed E-state index contributed by atoms with van der Waals surface area (Å²) >= 11 is 7.48. The monoisotopic (exact) mass is 1210 g/mol. The van der Waals surface area contributed by atoms with Crippen LogP contribution < -0.4 is 14.9 Å². The van der Waals surface area contributed by atoms with Crippen LogP contribution in [-0.2, 0) is 76.1 Å². The number of phosphoric acid groups is 1. The summed E-state index contributed by atoms with van der Waals surface area (Å²) in [7, 11) is -5.10. The second-order valence-electron chi connectivity index (χ2n) is 17.0. The van der Waals surface area contributed by atoms with E-state index in [9.17, 15) is 71.3 Å². The minimum absolute atomic E-state index is 0.0117. The molecule has 3 heterocycles. The van der Waals surface area contributed by atoms with Crippen molar-refractivity contribution in [3.8, 4) is 23.0 Å². The van der Waals surface area contributed by atoms with Crippen LogP contribution in [0.1, 0.15) is 81.0 Å². The zero-order chi connectivity index (χ0) is 60.2. The quantitative estimate of drug-likeness (QED) is 0.0170. The first-order valence-corrected chi connectivity index (χ1v) is 27.9. The average Bonchev–Trinajstić information content (AvgIpc) is 4.02. The third kappa shape index (κ3) is 17.9. The molecule has 2 amide bonds. The normalized spacial score (nSPS) is 13.9. The predicted octanol–water partition coefficient (Wildman–Crippen LogP) is 8.88. The van der Waals surface area contributed by atoms with Crippen molar-refractivity contribution in [2.75, 3.05) is 37.8 Å². The maximum Gasteiger partial charge on any atom is 0.471 e. The number of fused-ring (bicyclic) bond motifs is 2. The Balaban J connectivity index is 0.000000494. The highest BCUT2D eigenvalue weighted by atomic mass is 35.5. The molecule has 2 aromatic carbocycles. The molecule has 2 unspecified atom stereocenters. The van der Waals surface area contributed by atoms with E-state index in [0.717, 1.165) is 34.6 Å². The van der Waals surface area contributed by atoms with Crippen molar-refractivity contribution in [2.45, 2.75) is 102 Å². The fraction of sp³-hybridized carbons (Fsp3) is 0.447. The van der Waals surface area contributed by atoms with Gasteiger partial charge >= 0.3 is 20.2 Å². The largest absolute Gasteiger partial charge is 0.471 e. The van der Waals surface area contributed by atoms with E-state index in [1.165, 1.54) is 58.4 Å². The van der Waals surface area contributed by atoms with Crippen LogP contribution in [0.5, 0.6) is 0 Å². The number of pyridine rings is 1. The Labute approximate surface area is 456 Å². The Bertz CT molecular complexity index is 3180. The molecule has 3 aromatic heterocycles. The summed E-state index contributed by atoms with van der Waals surface area (Å²) < 4.78 is 178. The molecule has 0 bridgehead atoms. The van der Waals surface area contributed by atoms with Gasteiger partial charge in [0.25, 0.3) is 11.8 Å². The van der Waals surface area contributed by atoms with Gasteiger partial charge in [-0.1, -0.05) is 37.4 Å². The van der Waals surface area contributed by atoms with Crippen molar-refractivity contribution in [1.82, 2.24) is 35.2 Å². The first-order valence-electron chi connectivity index (χ1n) is 22.9. The van der Waals surface area contributed by atoms with Gasteiger partial charge in [-0.25, -0.2) is 31.1 Å². The molecule has 2 atom stereocenters. The third-order valence-electron chi connectivity index (χ3n) is 11.0. The van der Waals surface area contributed by atoms with E-state index in [1.807, 2.05) is 13.8 Å². The van der Waals surface area contributed by atoms with Crippen LogP contribution in [0.25, 0.3) is 22.0 Å². The van der Waals surface area contributed by atoms with Crippen molar-refractivity contribution in [3.63, 3.8) is 0 Å². The van der Waals surface area contributed by atoms with Crippen LogP contribution in [-0.4, -0.2) is 112 Å². The summed E-state index contributed by atoms with van der Waals surface area (Å²) in [4.78, 5) is 55.3. The summed E-state index contributed by atoms with van der Waals surface area (Å²) in [5.41, 5.74) is -1.79. The molecule has 18 nitrogen and oxygen atoms in total. The van der Waals surface area contributed by atoms with Crippen LogP contribution in [0, 0.1) is 23.5 Å². The molecule has 0 spiro atoms. The number of methoxy groups -OCH3 is 1. The second-order valence-corrected chi connectivity index (χ2v) is 21.9. The Morgan fingerprint density at radius 1 is 1.03 bits per heavy atom. The molecule has 1 aliphatic carbocycles. The highest BCUT2D eigenvalue weighted by Gasteiger charge is 2.50. The molecule has 0 aliphatic heterocycles. The highest BCUT2D eigenvalue weighted by Crippen LogP contribution is 2.47. The number of nitrogens with zero attached hydrogens (tertiary/aromatic N) is 6. The molecule has 79 heavy (non-hydrogen) atoms. The molecule has 4 N–H and O–H groups in total. The van der Waals surface area contributed by atoms with E-state index in [0.29, 0.717) is 21.8 Å². The molecule has 0 saturated carbocycles. The Morgan fingerprint density at radius 3 is 2.13 bits per heavy atom. The predicted molar refractivity (Wildman–Crippen MR) is 273 cm³/mol. The fourth-order valence-corrected chi connectivity index (χ4v) is 8.63. The zero-order valence-corrected chi connectivity index (χ0v) is 46.6. The number of hydrogen-bond acceptors (Lipinski definition) is 13. The SMILES string of the molecule is CC.CNC(Cc1cc(F)cc(F)c1)c1nc(C#CC(C)(C)S(C)(=O)=O)ccc1-c1ccc(Cl)c2c(N(SC)C(=O)C(C)NC=O)nn(CC(F)(F)F)c12.COCOP(=O)(O)O.O=CCn1nc(C(F)(F)F)c2c1C(F)(F)CC2. The van der Waals surface area contributed by atoms with Gasteiger partial charge in [0.1, 0.15) is 46.6 Å². The molecule has 5 aromatic rings. The van der Waals surface area contributed by atoms with E-state index < -0.39 is 107 Å². The number of hydrogen-bond donors (Lipinski definition) is 4. The number of carbonyl (C=O) groups is 3. The number of benzene rings is 2. The number of ether oxygens (including phenoxy) is 1. The van der Waals surface area contributed by atoms with Gasteiger partial charge in [0.05, 0.1) is 34.2 Å². The first kappa shape index (κ1) is 67.6. The van der Waals surface area contributed by atoms with Crippen molar-refractivity contribution >= 4 is 76.5 Å². The number of anilines is 1. The molecule has 32 heteroatoms. The van der Waals surface area contributed by atoms with E-state index in [1.54, 1.807) is 7.05 Å². The third-order valence-corrected chi connectivity index (χ3v) is 14.5. The van der Waals surface area contributed by atoms with Crippen molar-refractivity contribution in [3.05, 3.63) is 93.0 Å². The Morgan fingerprint density at radius 2 is 1.63 bits per heavy atom. The minimum atomic E-state index is -4.78. The number of aldehydes is 1. The lowest BCUT2D eigenvalue weighted by Gasteiger charge is -2.22. The lowest BCUT2D eigenvalue weighted by Crippen LogP contribution is -2.41. The minimum Gasteiger partial charge on any atom is -0.358 e. The van der Waals surface area contributed by atoms with Gasteiger partial charge in [-0.3, -0.25) is 23.5 Å². The standard InChI is InChI=1S/C34H34ClF5N6O4S2.C9H7F5N2O.C2H7O5P.C2H6/c1-19(42-18-47)32(48)46(51-5)31-28-26(35)10-9-25(30(28)45(44-31)17-34(38,39)40)24-8-7-23(11-12-33(2,3)52(6,49)50)43-29(24)27(41-4)15-20-13-21(36)16-22(37)14-20;10-8(11)2-1-5-6(9(12,13)14)15-16(3-4-17)7(5)8;1-6-2-7-8(3,4)5;1-2/h7-10,13-14,16,18-19,27,41H,15,17H2,1-6H3,(H,42,47);4H,1-3H2;2H2,1H3,(H2,3,4,5);1-2H3. The van der Waals surface area contributed by atoms with Gasteiger partial charge in [-0.2, -0.15) is 45.3 Å². The van der Waals surface area contributed by atoms with Crippen molar-refractivity contribution < 1.29 is 90.3 Å². The topological polar surface area (TPSA) is 237 Å². The highest BCUT2D eigenvalue weighted by molar-refractivity contribution is 8.00. The Kier molecular flexibility index (Phi) is 23.7. The summed E-state index contributed by atoms with van der Waals surface area (Å²) in [6.07, 6.45) is -7.58. The smallest absolute Gasteiger partial charge is 0.358 e. The van der Waals surface area contributed by atoms with E-state index in [2.05, 4.69) is 41.9 Å². The molecule has 0 fully saturated rings. The molecular formula is C47H54ClF10N8O10PS2. The number of sulfone groups is 1. The molecule has 1 aliphatic rings. The van der Waals surface area contributed by atoms with Gasteiger partial charge in [-0.15, -0.1) is 0 Å². The number of carbonyl (C=O) groups excluding carboxylic acids is 3. The molecule has 436 valence electrons. The fourth-order valence-electron chi connectivity index (χ4n) is 7.28. The molecule has 0 radical (unpaired) electrons. The Hall–Kier alpha value is -5.64. The first-order chi connectivity index (χ1) is 36.5. The number of phosphoric ester groups is 1. The van der Waals surface area contributed by atoms with E-state index in [4.69, 9.17) is 26.4 Å². The number of aromatic nitrogens is 5. The maximum atomic E-state index is 14.2. The lowest BCUT2D eigenvalue weighted by molar-refractivity contribution is -0.142. The number of nitrogens with one attached hydrogen (secondary N) is 2. The van der Waals surface area contributed by atoms with E-state index >= 15 is 0 Å². The van der Waals surface area contributed by atoms with Gasteiger partial charge < -0.3 is 30.0 Å². The maximum absolute atomic E-state index is 14.2.